The number of aromatic nitrogens is 2. The molecule has 0 unspecified atom stereocenters. The molecule has 4 heteroatoms. The Labute approximate surface area is 76.0 Å². The minimum atomic E-state index is 0. The Balaban J connectivity index is 0. The second-order valence-corrected chi connectivity index (χ2v) is 1.43. The second-order valence-electron chi connectivity index (χ2n) is 1.05. The van der Waals surface area contributed by atoms with E-state index < -0.39 is 0 Å². The van der Waals surface area contributed by atoms with Crippen LogP contribution in [-0.2, 0) is 0 Å². The van der Waals surface area contributed by atoms with Crippen LogP contribution in [0.5, 0.6) is 0 Å². The molecule has 0 saturated carbocycles. The van der Waals surface area contributed by atoms with Crippen LogP contribution in [0.4, 0.5) is 0 Å². The van der Waals surface area contributed by atoms with Crippen LogP contribution in [-0.4, -0.2) is 10.2 Å². The van der Waals surface area contributed by atoms with E-state index in [0.29, 0.717) is 5.15 Å². The average molecular weight is 139 g/mol. The van der Waals surface area contributed by atoms with E-state index in [-0.39, 0.29) is 31.0 Å². The first-order valence-corrected chi connectivity index (χ1v) is 2.20. The molecule has 0 aliphatic heterocycles. The predicted molar refractivity (Wildman–Crippen MR) is 28.2 cm³/mol. The van der Waals surface area contributed by atoms with Gasteiger partial charge in [-0.2, -0.15) is 5.10 Å². The van der Waals surface area contributed by atoms with Crippen LogP contribution in [0, 0.1) is 0 Å². The Morgan fingerprint density at radius 3 is 2.62 bits per heavy atom. The van der Waals surface area contributed by atoms with Crippen molar-refractivity contribution in [1.82, 2.24) is 10.2 Å². The van der Waals surface area contributed by atoms with E-state index in [2.05, 4.69) is 10.2 Å². The molecule has 0 radical (unpaired) electrons. The summed E-state index contributed by atoms with van der Waals surface area (Å²) < 4.78 is 0. The number of hydrogen-bond donors (Lipinski definition) is 0. The third kappa shape index (κ3) is 2.62. The molecule has 0 aromatic carbocycles. The normalized spacial score (nSPS) is 7.62. The molecule has 0 amide bonds. The van der Waals surface area contributed by atoms with Gasteiger partial charge in [0.25, 0.3) is 0 Å². The fourth-order valence-electron chi connectivity index (χ4n) is 0.283. The van der Waals surface area contributed by atoms with E-state index in [0.717, 1.165) is 0 Å². The van der Waals surface area contributed by atoms with Crippen LogP contribution in [0.2, 0.25) is 5.15 Å². The van der Waals surface area contributed by atoms with Crippen LogP contribution < -0.4 is 29.6 Å². The zero-order chi connectivity index (χ0) is 5.11. The van der Waals surface area contributed by atoms with E-state index in [1.54, 1.807) is 18.3 Å². The molecule has 0 bridgehead atoms. The van der Waals surface area contributed by atoms with Crippen molar-refractivity contribution < 1.29 is 31.0 Å². The first kappa shape index (κ1) is 8.37. The molecular weight excluding hydrogens is 135 g/mol. The third-order valence-corrected chi connectivity index (χ3v) is 0.741. The Hall–Kier alpha value is 0.370. The third-order valence-electron chi connectivity index (χ3n) is 0.540. The minimum Gasteiger partial charge on any atom is -1.00 e. The molecular formula is C4H4ClN2Na. The number of nitrogens with zero attached hydrogens (tertiary/aromatic N) is 2. The SMILES string of the molecule is Clc1cccnn1.[H-].[Na+]. The van der Waals surface area contributed by atoms with Crippen molar-refractivity contribution in [2.45, 2.75) is 0 Å². The molecule has 0 spiro atoms. The van der Waals surface area contributed by atoms with Crippen molar-refractivity contribution in [2.24, 2.45) is 0 Å². The maximum Gasteiger partial charge on any atom is 1.00 e. The van der Waals surface area contributed by atoms with E-state index in [1.807, 2.05) is 0 Å². The van der Waals surface area contributed by atoms with Crippen molar-refractivity contribution in [3.8, 4) is 0 Å². The number of hydrogen-bond acceptors (Lipinski definition) is 2. The van der Waals surface area contributed by atoms with Crippen LogP contribution >= 0.6 is 11.6 Å². The van der Waals surface area contributed by atoms with Crippen molar-refractivity contribution in [2.75, 3.05) is 0 Å². The maximum absolute atomic E-state index is 5.37. The van der Waals surface area contributed by atoms with Gasteiger partial charge in [0.15, 0.2) is 5.15 Å². The van der Waals surface area contributed by atoms with Crippen molar-refractivity contribution in [1.29, 1.82) is 0 Å². The van der Waals surface area contributed by atoms with E-state index in [4.69, 9.17) is 11.6 Å². The van der Waals surface area contributed by atoms with Crippen molar-refractivity contribution in [3.05, 3.63) is 23.5 Å². The summed E-state index contributed by atoms with van der Waals surface area (Å²) in [6, 6.07) is 3.41. The van der Waals surface area contributed by atoms with Crippen LogP contribution in [0.1, 0.15) is 1.43 Å². The van der Waals surface area contributed by atoms with Gasteiger partial charge in [-0.25, -0.2) is 0 Å². The van der Waals surface area contributed by atoms with Crippen molar-refractivity contribution in [3.63, 3.8) is 0 Å². The van der Waals surface area contributed by atoms with Gasteiger partial charge in [-0.3, -0.25) is 0 Å². The number of halogens is 1. The summed E-state index contributed by atoms with van der Waals surface area (Å²) in [5.41, 5.74) is 0. The van der Waals surface area contributed by atoms with Gasteiger partial charge in [0.1, 0.15) is 0 Å². The molecule has 0 aliphatic rings. The molecule has 38 valence electrons. The van der Waals surface area contributed by atoms with Gasteiger partial charge in [0.05, 0.1) is 0 Å². The second kappa shape index (κ2) is 4.27. The Bertz CT molecular complexity index is 148. The zero-order valence-electron chi connectivity index (χ0n) is 5.50. The molecule has 1 aromatic heterocycles. The smallest absolute Gasteiger partial charge is 1.00 e. The van der Waals surface area contributed by atoms with Gasteiger partial charge in [0, 0.05) is 6.20 Å². The molecule has 0 aliphatic carbocycles. The molecule has 0 atom stereocenters. The molecule has 0 saturated heterocycles. The summed E-state index contributed by atoms with van der Waals surface area (Å²) in [6.07, 6.45) is 1.58. The van der Waals surface area contributed by atoms with Gasteiger partial charge < -0.3 is 1.43 Å². The van der Waals surface area contributed by atoms with Gasteiger partial charge >= 0.3 is 29.6 Å². The summed E-state index contributed by atoms with van der Waals surface area (Å²) in [6.45, 7) is 0. The fourth-order valence-corrected chi connectivity index (χ4v) is 0.399. The monoisotopic (exact) mass is 138 g/mol. The standard InChI is InChI=1S/C4H3ClN2.Na.H/c5-4-2-1-3-6-7-4;;/h1-3H;;/q;+1;-1. The molecule has 2 nitrogen and oxygen atoms in total. The minimum absolute atomic E-state index is 0. The first-order chi connectivity index (χ1) is 3.39. The predicted octanol–water partition coefficient (Wildman–Crippen LogP) is -1.75. The molecule has 1 aromatic rings. The molecule has 0 N–H and O–H groups in total. The first-order valence-electron chi connectivity index (χ1n) is 1.83. The molecule has 8 heavy (non-hydrogen) atoms. The van der Waals surface area contributed by atoms with E-state index in [1.165, 1.54) is 0 Å². The quantitative estimate of drug-likeness (QED) is 0.398. The Kier molecular flexibility index (Phi) is 4.47. The maximum atomic E-state index is 5.37. The fraction of sp³-hybridized carbons (Fsp3) is 0. The van der Waals surface area contributed by atoms with Crippen LogP contribution in [0.3, 0.4) is 0 Å². The molecule has 0 fully saturated rings. The van der Waals surface area contributed by atoms with Crippen LogP contribution in [0.25, 0.3) is 0 Å². The van der Waals surface area contributed by atoms with E-state index >= 15 is 0 Å². The zero-order valence-corrected chi connectivity index (χ0v) is 7.26. The van der Waals surface area contributed by atoms with E-state index in [9.17, 15) is 0 Å². The van der Waals surface area contributed by atoms with Gasteiger partial charge in [-0.15, -0.1) is 5.10 Å². The largest absolute Gasteiger partial charge is 1.00 e. The number of rotatable bonds is 0. The summed E-state index contributed by atoms with van der Waals surface area (Å²) in [5.74, 6) is 0. The van der Waals surface area contributed by atoms with Crippen LogP contribution in [0.15, 0.2) is 18.3 Å². The van der Waals surface area contributed by atoms with Gasteiger partial charge in [0.2, 0.25) is 0 Å². The Morgan fingerprint density at radius 2 is 2.38 bits per heavy atom. The Morgan fingerprint density at radius 1 is 1.62 bits per heavy atom. The molecule has 1 rings (SSSR count). The topological polar surface area (TPSA) is 25.8 Å². The average Bonchev–Trinajstić information content (AvgIpc) is 1.69. The summed E-state index contributed by atoms with van der Waals surface area (Å²) in [4.78, 5) is 0. The molecule has 1 heterocycles. The van der Waals surface area contributed by atoms with Crippen molar-refractivity contribution >= 4 is 11.6 Å². The summed E-state index contributed by atoms with van der Waals surface area (Å²) >= 11 is 5.37. The van der Waals surface area contributed by atoms with Gasteiger partial charge in [-0.05, 0) is 12.1 Å². The van der Waals surface area contributed by atoms with Gasteiger partial charge in [-0.1, -0.05) is 11.6 Å². The summed E-state index contributed by atoms with van der Waals surface area (Å²) in [5, 5.41) is 7.43. The summed E-state index contributed by atoms with van der Waals surface area (Å²) in [7, 11) is 0.